The lowest BCUT2D eigenvalue weighted by Gasteiger charge is -2.10. The van der Waals surface area contributed by atoms with Crippen molar-refractivity contribution in [2.24, 2.45) is 18.7 Å². The average Bonchev–Trinajstić information content (AvgIpc) is 2.55. The first kappa shape index (κ1) is 15.7. The number of halogens is 1. The zero-order chi connectivity index (χ0) is 13.9. The fourth-order valence-corrected chi connectivity index (χ4v) is 4.56. The topological polar surface area (TPSA) is 78.0 Å². The molecule has 0 aliphatic rings. The predicted octanol–water partition coefficient (Wildman–Crippen LogP) is 1.25. The van der Waals surface area contributed by atoms with E-state index in [9.17, 15) is 8.42 Å². The van der Waals surface area contributed by atoms with E-state index in [4.69, 9.17) is 5.73 Å². The number of nitrogens with two attached hydrogens (primary N) is 1. The van der Waals surface area contributed by atoms with E-state index >= 15 is 0 Å². The van der Waals surface area contributed by atoms with E-state index in [1.165, 1.54) is 0 Å². The van der Waals surface area contributed by atoms with Gasteiger partial charge in [-0.3, -0.25) is 4.68 Å². The predicted molar refractivity (Wildman–Crippen MR) is 76.0 cm³/mol. The lowest BCUT2D eigenvalue weighted by molar-refractivity contribution is 0.570. The highest BCUT2D eigenvalue weighted by atomic mass is 79.9. The quantitative estimate of drug-likeness (QED) is 0.847. The van der Waals surface area contributed by atoms with E-state index in [1.807, 2.05) is 13.8 Å². The molecule has 7 heteroatoms. The molecule has 1 heterocycles. The summed E-state index contributed by atoms with van der Waals surface area (Å²) in [6.07, 6.45) is 0.772. The second-order valence-electron chi connectivity index (χ2n) is 4.58. The van der Waals surface area contributed by atoms with Crippen molar-refractivity contribution < 1.29 is 8.42 Å². The number of sulfone groups is 1. The summed E-state index contributed by atoms with van der Waals surface area (Å²) >= 11 is 3.43. The van der Waals surface area contributed by atoms with Gasteiger partial charge in [0.25, 0.3) is 0 Å². The molecule has 1 rings (SSSR count). The van der Waals surface area contributed by atoms with E-state index in [-0.39, 0.29) is 17.4 Å². The normalized spacial score (nSPS) is 13.8. The molecule has 0 amide bonds. The summed E-state index contributed by atoms with van der Waals surface area (Å²) in [5.74, 6) is 0.0944. The number of hydrogen-bond acceptors (Lipinski definition) is 4. The first-order valence-corrected chi connectivity index (χ1v) is 8.52. The second-order valence-corrected chi connectivity index (χ2v) is 7.48. The van der Waals surface area contributed by atoms with Crippen LogP contribution in [0.4, 0.5) is 0 Å². The molecule has 0 aliphatic heterocycles. The zero-order valence-electron chi connectivity index (χ0n) is 11.0. The van der Waals surface area contributed by atoms with Crippen LogP contribution in [-0.2, 0) is 29.1 Å². The molecule has 0 saturated carbocycles. The minimum absolute atomic E-state index is 0.00141. The van der Waals surface area contributed by atoms with Gasteiger partial charge >= 0.3 is 0 Å². The molecule has 0 saturated heterocycles. The summed E-state index contributed by atoms with van der Waals surface area (Å²) in [5, 5.41) is 4.29. The van der Waals surface area contributed by atoms with Crippen LogP contribution in [0.1, 0.15) is 25.2 Å². The molecule has 5 nitrogen and oxygen atoms in total. The lowest BCUT2D eigenvalue weighted by atomic mass is 10.2. The molecule has 0 aromatic carbocycles. The molecule has 104 valence electrons. The van der Waals surface area contributed by atoms with Crippen LogP contribution < -0.4 is 5.73 Å². The highest BCUT2D eigenvalue weighted by Gasteiger charge is 2.21. The van der Waals surface area contributed by atoms with Crippen molar-refractivity contribution in [2.45, 2.75) is 26.0 Å². The van der Waals surface area contributed by atoms with Crippen LogP contribution >= 0.6 is 15.9 Å². The summed E-state index contributed by atoms with van der Waals surface area (Å²) < 4.78 is 26.5. The van der Waals surface area contributed by atoms with Gasteiger partial charge in [0.2, 0.25) is 0 Å². The maximum Gasteiger partial charge on any atom is 0.156 e. The van der Waals surface area contributed by atoms with Gasteiger partial charge in [-0.15, -0.1) is 0 Å². The molecule has 1 aromatic heterocycles. The van der Waals surface area contributed by atoms with Gasteiger partial charge in [-0.05, 0) is 34.8 Å². The third-order valence-electron chi connectivity index (χ3n) is 2.80. The van der Waals surface area contributed by atoms with Crippen molar-refractivity contribution in [3.8, 4) is 0 Å². The fraction of sp³-hybridized carbons (Fsp3) is 0.727. The summed E-state index contributed by atoms with van der Waals surface area (Å²) in [7, 11) is -1.39. The van der Waals surface area contributed by atoms with Crippen LogP contribution in [0, 0.1) is 5.92 Å². The third kappa shape index (κ3) is 3.80. The Balaban J connectivity index is 2.94. The Kier molecular flexibility index (Phi) is 5.36. The monoisotopic (exact) mass is 337 g/mol. The Morgan fingerprint density at radius 1 is 1.50 bits per heavy atom. The molecule has 1 unspecified atom stereocenters. The number of aryl methyl sites for hydroxylation is 2. The molecule has 0 spiro atoms. The molecule has 18 heavy (non-hydrogen) atoms. The van der Waals surface area contributed by atoms with Crippen molar-refractivity contribution in [1.82, 2.24) is 9.78 Å². The Morgan fingerprint density at radius 3 is 2.56 bits per heavy atom. The van der Waals surface area contributed by atoms with Gasteiger partial charge in [0.05, 0.1) is 27.4 Å². The number of aromatic nitrogens is 2. The van der Waals surface area contributed by atoms with E-state index in [2.05, 4.69) is 21.0 Å². The van der Waals surface area contributed by atoms with Crippen LogP contribution in [0.25, 0.3) is 0 Å². The van der Waals surface area contributed by atoms with Gasteiger partial charge in [-0.25, -0.2) is 8.42 Å². The average molecular weight is 338 g/mol. The minimum atomic E-state index is -3.16. The van der Waals surface area contributed by atoms with E-state index in [1.54, 1.807) is 11.7 Å². The second kappa shape index (κ2) is 6.16. The van der Waals surface area contributed by atoms with E-state index < -0.39 is 9.84 Å². The highest BCUT2D eigenvalue weighted by molar-refractivity contribution is 9.10. The summed E-state index contributed by atoms with van der Waals surface area (Å²) in [6.45, 7) is 4.21. The lowest BCUT2D eigenvalue weighted by Crippen LogP contribution is -2.22. The van der Waals surface area contributed by atoms with Crippen LogP contribution in [0.5, 0.6) is 0 Å². The fourth-order valence-electron chi connectivity index (χ4n) is 1.75. The van der Waals surface area contributed by atoms with Crippen molar-refractivity contribution in [2.75, 3.05) is 12.3 Å². The molecule has 2 N–H and O–H groups in total. The van der Waals surface area contributed by atoms with E-state index in [0.29, 0.717) is 12.2 Å². The Bertz CT molecular complexity index is 511. The first-order chi connectivity index (χ1) is 8.30. The SMILES string of the molecule is CCc1nn(C)c(CS(=O)(=O)CC(C)CN)c1Br. The molecule has 0 radical (unpaired) electrons. The van der Waals surface area contributed by atoms with E-state index in [0.717, 1.165) is 16.6 Å². The van der Waals surface area contributed by atoms with Gasteiger partial charge in [-0.2, -0.15) is 5.10 Å². The van der Waals surface area contributed by atoms with Gasteiger partial charge < -0.3 is 5.73 Å². The Labute approximate surface area is 117 Å². The van der Waals surface area contributed by atoms with Crippen molar-refractivity contribution >= 4 is 25.8 Å². The summed E-state index contributed by atoms with van der Waals surface area (Å²) in [5.41, 5.74) is 7.06. The number of nitrogens with zero attached hydrogens (tertiary/aromatic N) is 2. The first-order valence-electron chi connectivity index (χ1n) is 5.91. The van der Waals surface area contributed by atoms with Gasteiger partial charge in [-0.1, -0.05) is 13.8 Å². The molecular weight excluding hydrogens is 318 g/mol. The molecule has 0 bridgehead atoms. The van der Waals surface area contributed by atoms with Crippen LogP contribution in [0.3, 0.4) is 0 Å². The molecule has 1 atom stereocenters. The van der Waals surface area contributed by atoms with Crippen LogP contribution in [0.15, 0.2) is 4.47 Å². The van der Waals surface area contributed by atoms with Crippen LogP contribution in [-0.4, -0.2) is 30.5 Å². The summed E-state index contributed by atoms with van der Waals surface area (Å²) in [4.78, 5) is 0. The van der Waals surface area contributed by atoms with Gasteiger partial charge in [0, 0.05) is 7.05 Å². The number of rotatable bonds is 6. The standard InChI is InChI=1S/C11H20BrN3O2S/c1-4-9-11(12)10(15(3)14-9)7-18(16,17)6-8(2)5-13/h8H,4-7,13H2,1-3H3. The van der Waals surface area contributed by atoms with Gasteiger partial charge in [0.15, 0.2) is 9.84 Å². The van der Waals surface area contributed by atoms with Crippen molar-refractivity contribution in [1.29, 1.82) is 0 Å². The van der Waals surface area contributed by atoms with Crippen molar-refractivity contribution in [3.63, 3.8) is 0 Å². The third-order valence-corrected chi connectivity index (χ3v) is 5.51. The Hall–Kier alpha value is -0.400. The summed E-state index contributed by atoms with van der Waals surface area (Å²) in [6, 6.07) is 0. The smallest absolute Gasteiger partial charge is 0.156 e. The maximum absolute atomic E-state index is 12.1. The molecular formula is C11H20BrN3O2S. The number of hydrogen-bond donors (Lipinski definition) is 1. The zero-order valence-corrected chi connectivity index (χ0v) is 13.4. The molecule has 0 aliphatic carbocycles. The Morgan fingerprint density at radius 2 is 2.11 bits per heavy atom. The molecule has 1 aromatic rings. The largest absolute Gasteiger partial charge is 0.330 e. The van der Waals surface area contributed by atoms with Crippen molar-refractivity contribution in [3.05, 3.63) is 15.9 Å². The minimum Gasteiger partial charge on any atom is -0.330 e. The highest BCUT2D eigenvalue weighted by Crippen LogP contribution is 2.24. The molecule has 0 fully saturated rings. The maximum atomic E-state index is 12.1. The van der Waals surface area contributed by atoms with Crippen LogP contribution in [0.2, 0.25) is 0 Å². The van der Waals surface area contributed by atoms with Gasteiger partial charge in [0.1, 0.15) is 0 Å².